The molecule has 0 aromatic heterocycles. The van der Waals surface area contributed by atoms with Crippen molar-refractivity contribution < 1.29 is 13.9 Å². The minimum Gasteiger partial charge on any atom is -0.465 e. The van der Waals surface area contributed by atoms with E-state index in [9.17, 15) is 9.18 Å². The molecule has 2 aromatic rings. The summed E-state index contributed by atoms with van der Waals surface area (Å²) < 4.78 is 18.3. The molecule has 2 N–H and O–H groups in total. The van der Waals surface area contributed by atoms with Gasteiger partial charge in [0.05, 0.1) is 12.7 Å². The average molecular weight is 305 g/mol. The molecule has 0 aliphatic heterocycles. The molecule has 0 saturated heterocycles. The number of methoxy groups -OCH3 is 1. The van der Waals surface area contributed by atoms with E-state index in [0.29, 0.717) is 5.75 Å². The van der Waals surface area contributed by atoms with Crippen molar-refractivity contribution in [2.45, 2.75) is 17.6 Å². The van der Waals surface area contributed by atoms with Crippen molar-refractivity contribution in [3.63, 3.8) is 0 Å². The van der Waals surface area contributed by atoms with Crippen LogP contribution in [-0.4, -0.2) is 13.1 Å². The monoisotopic (exact) mass is 305 g/mol. The van der Waals surface area contributed by atoms with Crippen LogP contribution in [0.15, 0.2) is 41.3 Å². The van der Waals surface area contributed by atoms with Gasteiger partial charge in [-0.05, 0) is 48.4 Å². The summed E-state index contributed by atoms with van der Waals surface area (Å²) in [7, 11) is 1.23. The first-order valence-electron chi connectivity index (χ1n) is 6.37. The Kier molecular flexibility index (Phi) is 4.85. The van der Waals surface area contributed by atoms with E-state index >= 15 is 0 Å². The molecular weight excluding hydrogens is 289 g/mol. The summed E-state index contributed by atoms with van der Waals surface area (Å²) in [4.78, 5) is 12.4. The summed E-state index contributed by atoms with van der Waals surface area (Å²) >= 11 is 1.59. The first kappa shape index (κ1) is 15.4. The van der Waals surface area contributed by atoms with Gasteiger partial charge in [-0.3, -0.25) is 0 Å². The van der Waals surface area contributed by atoms with Crippen LogP contribution in [0.5, 0.6) is 0 Å². The van der Waals surface area contributed by atoms with Gasteiger partial charge >= 0.3 is 5.97 Å². The maximum absolute atomic E-state index is 13.8. The third-order valence-corrected chi connectivity index (χ3v) is 4.15. The molecule has 5 heteroatoms. The lowest BCUT2D eigenvalue weighted by molar-refractivity contribution is 0.0595. The molecule has 0 heterocycles. The molecule has 0 amide bonds. The molecule has 0 spiro atoms. The maximum Gasteiger partial charge on any atom is 0.340 e. The van der Waals surface area contributed by atoms with E-state index in [-0.39, 0.29) is 5.56 Å². The number of nitrogen functional groups attached to an aromatic ring is 1. The summed E-state index contributed by atoms with van der Waals surface area (Å²) in [5, 5.41) is 0. The first-order chi connectivity index (χ1) is 10.0. The van der Waals surface area contributed by atoms with Crippen molar-refractivity contribution in [1.82, 2.24) is 0 Å². The lowest BCUT2D eigenvalue weighted by Gasteiger charge is -2.07. The van der Waals surface area contributed by atoms with Gasteiger partial charge in [-0.15, -0.1) is 11.8 Å². The SMILES string of the molecule is COC(=O)c1ccc(CSc2ccc(N)c(C)c2)cc1F. The van der Waals surface area contributed by atoms with Crippen LogP contribution in [0.4, 0.5) is 10.1 Å². The minimum absolute atomic E-state index is 0.0467. The standard InChI is InChI=1S/C16H16FNO2S/c1-10-7-12(4-6-15(10)18)21-9-11-3-5-13(14(17)8-11)16(19)20-2/h3-8H,9,18H2,1-2H3. The van der Waals surface area contributed by atoms with Gasteiger partial charge < -0.3 is 10.5 Å². The highest BCUT2D eigenvalue weighted by molar-refractivity contribution is 7.98. The molecule has 0 fully saturated rings. The number of nitrogens with two attached hydrogens (primary N) is 1. The fraction of sp³-hybridized carbons (Fsp3) is 0.188. The fourth-order valence-electron chi connectivity index (χ4n) is 1.83. The third kappa shape index (κ3) is 3.76. The van der Waals surface area contributed by atoms with Crippen molar-refractivity contribution in [2.75, 3.05) is 12.8 Å². The van der Waals surface area contributed by atoms with Gasteiger partial charge in [-0.1, -0.05) is 6.07 Å². The Balaban J connectivity index is 2.08. The van der Waals surface area contributed by atoms with Crippen molar-refractivity contribution in [3.8, 4) is 0 Å². The van der Waals surface area contributed by atoms with E-state index in [4.69, 9.17) is 5.73 Å². The summed E-state index contributed by atoms with van der Waals surface area (Å²) in [5.74, 6) is -0.615. The lowest BCUT2D eigenvalue weighted by Crippen LogP contribution is -2.04. The number of anilines is 1. The Morgan fingerprint density at radius 3 is 2.67 bits per heavy atom. The van der Waals surface area contributed by atoms with E-state index in [1.165, 1.54) is 19.2 Å². The molecule has 0 bridgehead atoms. The highest BCUT2D eigenvalue weighted by Crippen LogP contribution is 2.26. The van der Waals surface area contributed by atoms with E-state index in [1.807, 2.05) is 25.1 Å². The van der Waals surface area contributed by atoms with Crippen LogP contribution in [0.2, 0.25) is 0 Å². The summed E-state index contributed by atoms with van der Waals surface area (Å²) in [5.41, 5.74) is 8.31. The zero-order valence-electron chi connectivity index (χ0n) is 11.9. The maximum atomic E-state index is 13.8. The van der Waals surface area contributed by atoms with Gasteiger partial charge in [0.2, 0.25) is 0 Å². The molecule has 0 radical (unpaired) electrons. The summed E-state index contributed by atoms with van der Waals surface area (Å²) in [6.07, 6.45) is 0. The Morgan fingerprint density at radius 1 is 1.29 bits per heavy atom. The number of carbonyl (C=O) groups excluding carboxylic acids is 1. The number of hydrogen-bond donors (Lipinski definition) is 1. The zero-order valence-corrected chi connectivity index (χ0v) is 12.7. The van der Waals surface area contributed by atoms with Gasteiger partial charge in [-0.2, -0.15) is 0 Å². The quantitative estimate of drug-likeness (QED) is 0.530. The van der Waals surface area contributed by atoms with Crippen molar-refractivity contribution in [3.05, 3.63) is 58.9 Å². The van der Waals surface area contributed by atoms with Gasteiger partial charge in [-0.25, -0.2) is 9.18 Å². The predicted octanol–water partition coefficient (Wildman–Crippen LogP) is 3.80. The van der Waals surface area contributed by atoms with E-state index in [2.05, 4.69) is 4.74 Å². The minimum atomic E-state index is -0.666. The summed E-state index contributed by atoms with van der Waals surface area (Å²) in [6.45, 7) is 1.95. The number of thioether (sulfide) groups is 1. The normalized spacial score (nSPS) is 10.4. The van der Waals surface area contributed by atoms with E-state index in [1.54, 1.807) is 17.8 Å². The number of hydrogen-bond acceptors (Lipinski definition) is 4. The molecule has 0 aliphatic rings. The van der Waals surface area contributed by atoms with Gasteiger partial charge in [0.25, 0.3) is 0 Å². The van der Waals surface area contributed by atoms with Crippen LogP contribution in [0.1, 0.15) is 21.5 Å². The largest absolute Gasteiger partial charge is 0.465 e. The van der Waals surface area contributed by atoms with Crippen molar-refractivity contribution in [1.29, 1.82) is 0 Å². The van der Waals surface area contributed by atoms with Crippen LogP contribution in [0.25, 0.3) is 0 Å². The molecule has 2 rings (SSSR count). The van der Waals surface area contributed by atoms with Crippen LogP contribution < -0.4 is 5.73 Å². The number of aryl methyl sites for hydroxylation is 1. The second kappa shape index (κ2) is 6.63. The number of benzene rings is 2. The van der Waals surface area contributed by atoms with Crippen LogP contribution >= 0.6 is 11.8 Å². The average Bonchev–Trinajstić information content (AvgIpc) is 2.48. The second-order valence-electron chi connectivity index (χ2n) is 4.61. The molecule has 21 heavy (non-hydrogen) atoms. The molecule has 3 nitrogen and oxygen atoms in total. The molecule has 0 atom stereocenters. The molecular formula is C16H16FNO2S. The molecule has 110 valence electrons. The highest BCUT2D eigenvalue weighted by atomic mass is 32.2. The number of esters is 1. The zero-order chi connectivity index (χ0) is 15.4. The molecule has 0 saturated carbocycles. The molecule has 2 aromatic carbocycles. The van der Waals surface area contributed by atoms with Crippen molar-refractivity contribution >= 4 is 23.4 Å². The second-order valence-corrected chi connectivity index (χ2v) is 5.66. The summed E-state index contributed by atoms with van der Waals surface area (Å²) in [6, 6.07) is 10.3. The number of halogens is 1. The predicted molar refractivity (Wildman–Crippen MR) is 82.9 cm³/mol. The van der Waals surface area contributed by atoms with Crippen LogP contribution in [-0.2, 0) is 10.5 Å². The number of carbonyl (C=O) groups is 1. The lowest BCUT2D eigenvalue weighted by atomic mass is 10.1. The molecule has 0 aliphatic carbocycles. The van der Waals surface area contributed by atoms with E-state index in [0.717, 1.165) is 21.7 Å². The van der Waals surface area contributed by atoms with Gasteiger partial charge in [0.1, 0.15) is 5.82 Å². The van der Waals surface area contributed by atoms with Crippen LogP contribution in [0.3, 0.4) is 0 Å². The van der Waals surface area contributed by atoms with Gasteiger partial charge in [0, 0.05) is 16.3 Å². The number of rotatable bonds is 4. The highest BCUT2D eigenvalue weighted by Gasteiger charge is 2.12. The number of ether oxygens (including phenoxy) is 1. The van der Waals surface area contributed by atoms with Crippen LogP contribution in [0, 0.1) is 12.7 Å². The Bertz CT molecular complexity index is 673. The third-order valence-electron chi connectivity index (χ3n) is 3.09. The van der Waals surface area contributed by atoms with Crippen molar-refractivity contribution in [2.24, 2.45) is 0 Å². The van der Waals surface area contributed by atoms with E-state index < -0.39 is 11.8 Å². The molecule has 0 unspecified atom stereocenters. The first-order valence-corrected chi connectivity index (χ1v) is 7.35. The Morgan fingerprint density at radius 2 is 2.05 bits per heavy atom. The fourth-order valence-corrected chi connectivity index (χ4v) is 2.77. The smallest absolute Gasteiger partial charge is 0.340 e. The topological polar surface area (TPSA) is 52.3 Å². The Hall–Kier alpha value is -2.01. The van der Waals surface area contributed by atoms with Gasteiger partial charge in [0.15, 0.2) is 0 Å². The Labute approximate surface area is 127 Å².